The Bertz CT molecular complexity index is 867. The van der Waals surface area contributed by atoms with Crippen LogP contribution in [0.2, 0.25) is 0 Å². The van der Waals surface area contributed by atoms with Gasteiger partial charge in [0.2, 0.25) is 11.8 Å². The highest BCUT2D eigenvalue weighted by Gasteiger charge is 2.35. The zero-order chi connectivity index (χ0) is 20.8. The summed E-state index contributed by atoms with van der Waals surface area (Å²) in [6, 6.07) is 15.9. The lowest BCUT2D eigenvalue weighted by atomic mass is 10.1. The Morgan fingerprint density at radius 1 is 1.14 bits per heavy atom. The van der Waals surface area contributed by atoms with Crippen molar-refractivity contribution < 1.29 is 19.1 Å². The number of nitrogens with zero attached hydrogens (tertiary/aromatic N) is 1. The van der Waals surface area contributed by atoms with E-state index in [9.17, 15) is 14.4 Å². The molecule has 0 bridgehead atoms. The van der Waals surface area contributed by atoms with Gasteiger partial charge in [0.1, 0.15) is 0 Å². The smallest absolute Gasteiger partial charge is 0.251 e. The number of carbonyl (C=O) groups excluding carboxylic acids is 3. The number of methoxy groups -OCH3 is 1. The maximum Gasteiger partial charge on any atom is 0.251 e. The summed E-state index contributed by atoms with van der Waals surface area (Å²) in [4.78, 5) is 38.7. The molecule has 0 aliphatic carbocycles. The summed E-state index contributed by atoms with van der Waals surface area (Å²) >= 11 is 0. The average Bonchev–Trinajstić information content (AvgIpc) is 3.11. The summed E-state index contributed by atoms with van der Waals surface area (Å²) in [5.74, 6) is -0.885. The van der Waals surface area contributed by atoms with Gasteiger partial charge in [0.15, 0.2) is 0 Å². The topological polar surface area (TPSA) is 87.7 Å². The van der Waals surface area contributed by atoms with Gasteiger partial charge in [0, 0.05) is 43.1 Å². The molecule has 3 amide bonds. The number of amides is 3. The molecule has 3 rings (SSSR count). The molecule has 7 heteroatoms. The molecule has 2 N–H and O–H groups in total. The molecule has 2 unspecified atom stereocenters. The molecule has 2 atom stereocenters. The summed E-state index contributed by atoms with van der Waals surface area (Å²) in [5, 5.41) is 5.67. The largest absolute Gasteiger partial charge is 0.383 e. The Morgan fingerprint density at radius 2 is 1.83 bits per heavy atom. The second kappa shape index (κ2) is 9.34. The monoisotopic (exact) mass is 395 g/mol. The van der Waals surface area contributed by atoms with Crippen molar-refractivity contribution in [1.29, 1.82) is 0 Å². The zero-order valence-electron chi connectivity index (χ0n) is 16.6. The molecule has 29 heavy (non-hydrogen) atoms. The van der Waals surface area contributed by atoms with E-state index >= 15 is 0 Å². The van der Waals surface area contributed by atoms with Gasteiger partial charge >= 0.3 is 0 Å². The fraction of sp³-hybridized carbons (Fsp3) is 0.318. The summed E-state index contributed by atoms with van der Waals surface area (Å²) in [5.41, 5.74) is 1.88. The summed E-state index contributed by atoms with van der Waals surface area (Å²) in [6.45, 7) is 2.64. The third-order valence-corrected chi connectivity index (χ3v) is 4.77. The Kier molecular flexibility index (Phi) is 6.61. The second-order valence-corrected chi connectivity index (χ2v) is 7.14. The fourth-order valence-electron chi connectivity index (χ4n) is 3.29. The van der Waals surface area contributed by atoms with Gasteiger partial charge in [-0.2, -0.15) is 0 Å². The minimum Gasteiger partial charge on any atom is -0.383 e. The molecule has 2 aromatic rings. The molecule has 7 nitrogen and oxygen atoms in total. The second-order valence-electron chi connectivity index (χ2n) is 7.14. The predicted molar refractivity (Wildman–Crippen MR) is 111 cm³/mol. The first-order chi connectivity index (χ1) is 14.0. The van der Waals surface area contributed by atoms with Crippen molar-refractivity contribution in [2.45, 2.75) is 19.4 Å². The molecule has 2 aromatic carbocycles. The number of nitrogens with one attached hydrogen (secondary N) is 2. The van der Waals surface area contributed by atoms with Gasteiger partial charge in [0.05, 0.1) is 12.5 Å². The number of anilines is 2. The molecule has 0 saturated carbocycles. The lowest BCUT2D eigenvalue weighted by Crippen LogP contribution is -2.35. The molecule has 0 radical (unpaired) electrons. The third-order valence-electron chi connectivity index (χ3n) is 4.77. The van der Waals surface area contributed by atoms with E-state index in [0.29, 0.717) is 24.4 Å². The van der Waals surface area contributed by atoms with E-state index in [1.807, 2.05) is 37.3 Å². The van der Waals surface area contributed by atoms with Crippen molar-refractivity contribution in [3.63, 3.8) is 0 Å². The Morgan fingerprint density at radius 3 is 2.48 bits per heavy atom. The van der Waals surface area contributed by atoms with E-state index in [4.69, 9.17) is 4.74 Å². The van der Waals surface area contributed by atoms with Crippen LogP contribution in [0.25, 0.3) is 0 Å². The van der Waals surface area contributed by atoms with E-state index in [1.165, 1.54) is 0 Å². The molecular weight excluding hydrogens is 370 g/mol. The highest BCUT2D eigenvalue weighted by molar-refractivity contribution is 6.03. The van der Waals surface area contributed by atoms with Crippen molar-refractivity contribution >= 4 is 29.1 Å². The zero-order valence-corrected chi connectivity index (χ0v) is 16.6. The molecule has 1 saturated heterocycles. The molecule has 1 heterocycles. The number of benzene rings is 2. The van der Waals surface area contributed by atoms with E-state index in [1.54, 1.807) is 36.3 Å². The lowest BCUT2D eigenvalue weighted by Gasteiger charge is -2.16. The van der Waals surface area contributed by atoms with E-state index in [2.05, 4.69) is 10.6 Å². The van der Waals surface area contributed by atoms with Crippen LogP contribution in [-0.4, -0.2) is 44.0 Å². The van der Waals surface area contributed by atoms with Gasteiger partial charge in [-0.25, -0.2) is 0 Å². The van der Waals surface area contributed by atoms with Gasteiger partial charge in [-0.15, -0.1) is 0 Å². The van der Waals surface area contributed by atoms with Crippen LogP contribution in [0.1, 0.15) is 23.7 Å². The van der Waals surface area contributed by atoms with Crippen LogP contribution in [0, 0.1) is 5.92 Å². The van der Waals surface area contributed by atoms with Gasteiger partial charge in [-0.05, 0) is 43.3 Å². The van der Waals surface area contributed by atoms with E-state index in [-0.39, 0.29) is 30.2 Å². The number of carbonyl (C=O) groups is 3. The Balaban J connectivity index is 1.57. The van der Waals surface area contributed by atoms with Gasteiger partial charge in [0.25, 0.3) is 5.91 Å². The van der Waals surface area contributed by atoms with Gasteiger partial charge in [-0.1, -0.05) is 18.2 Å². The van der Waals surface area contributed by atoms with Crippen molar-refractivity contribution in [1.82, 2.24) is 5.32 Å². The molecule has 152 valence electrons. The van der Waals surface area contributed by atoms with Crippen LogP contribution in [0.5, 0.6) is 0 Å². The average molecular weight is 395 g/mol. The number of hydrogen-bond donors (Lipinski definition) is 2. The summed E-state index contributed by atoms with van der Waals surface area (Å²) in [7, 11) is 1.58. The van der Waals surface area contributed by atoms with Gasteiger partial charge in [-0.3, -0.25) is 14.4 Å². The van der Waals surface area contributed by atoms with Crippen molar-refractivity contribution in [2.75, 3.05) is 30.5 Å². The normalized spacial score (nSPS) is 17.1. The Hall–Kier alpha value is -3.19. The molecule has 0 spiro atoms. The van der Waals surface area contributed by atoms with Gasteiger partial charge < -0.3 is 20.3 Å². The molecular formula is C22H25N3O4. The van der Waals surface area contributed by atoms with Crippen molar-refractivity contribution in [3.8, 4) is 0 Å². The van der Waals surface area contributed by atoms with Crippen LogP contribution in [0.4, 0.5) is 11.4 Å². The van der Waals surface area contributed by atoms with E-state index < -0.39 is 5.92 Å². The van der Waals surface area contributed by atoms with Crippen LogP contribution in [0.15, 0.2) is 54.6 Å². The standard InChI is InChI=1S/C22H25N3O4/c1-15(14-29-2)23-21(27)16-8-10-18(11-9-16)24-22(28)17-12-20(26)25(13-17)19-6-4-3-5-7-19/h3-11,15,17H,12-14H2,1-2H3,(H,23,27)(H,24,28). The first-order valence-electron chi connectivity index (χ1n) is 9.54. The highest BCUT2D eigenvalue weighted by Crippen LogP contribution is 2.25. The molecule has 1 fully saturated rings. The van der Waals surface area contributed by atoms with Crippen LogP contribution in [-0.2, 0) is 14.3 Å². The van der Waals surface area contributed by atoms with Crippen LogP contribution < -0.4 is 15.5 Å². The quantitative estimate of drug-likeness (QED) is 0.754. The van der Waals surface area contributed by atoms with Crippen molar-refractivity contribution in [3.05, 3.63) is 60.2 Å². The number of ether oxygens (including phenoxy) is 1. The minimum absolute atomic E-state index is 0.0615. The maximum atomic E-state index is 12.6. The lowest BCUT2D eigenvalue weighted by molar-refractivity contribution is -0.122. The molecule has 1 aliphatic heterocycles. The molecule has 1 aliphatic rings. The number of rotatable bonds is 7. The third kappa shape index (κ3) is 5.20. The SMILES string of the molecule is COCC(C)NC(=O)c1ccc(NC(=O)C2CC(=O)N(c3ccccc3)C2)cc1. The first kappa shape index (κ1) is 20.5. The highest BCUT2D eigenvalue weighted by atomic mass is 16.5. The maximum absolute atomic E-state index is 12.6. The summed E-state index contributed by atoms with van der Waals surface area (Å²) in [6.07, 6.45) is 0.179. The van der Waals surface area contributed by atoms with Crippen LogP contribution in [0.3, 0.4) is 0 Å². The minimum atomic E-state index is -0.416. The number of para-hydroxylation sites is 1. The Labute approximate surface area is 170 Å². The van der Waals surface area contributed by atoms with Crippen molar-refractivity contribution in [2.24, 2.45) is 5.92 Å². The fourth-order valence-corrected chi connectivity index (χ4v) is 3.29. The van der Waals surface area contributed by atoms with E-state index in [0.717, 1.165) is 5.69 Å². The molecule has 0 aromatic heterocycles. The number of hydrogen-bond acceptors (Lipinski definition) is 4. The first-order valence-corrected chi connectivity index (χ1v) is 9.54. The predicted octanol–water partition coefficient (Wildman–Crippen LogP) is 2.44. The summed E-state index contributed by atoms with van der Waals surface area (Å²) < 4.78 is 5.01. The van der Waals surface area contributed by atoms with Crippen LogP contribution >= 0.6 is 0 Å².